The third kappa shape index (κ3) is 4.33. The Kier molecular flexibility index (Phi) is 6.30. The number of piperidine rings is 1. The van der Waals surface area contributed by atoms with Crippen LogP contribution >= 0.6 is 15.9 Å². The lowest BCUT2D eigenvalue weighted by atomic mass is 9.93. The molecule has 0 unspecified atom stereocenters. The Labute approximate surface area is 136 Å². The molecule has 1 aromatic rings. The highest BCUT2D eigenvalue weighted by Gasteiger charge is 2.25. The summed E-state index contributed by atoms with van der Waals surface area (Å²) in [7, 11) is 2.00. The lowest BCUT2D eigenvalue weighted by Crippen LogP contribution is -2.39. The van der Waals surface area contributed by atoms with Crippen molar-refractivity contribution in [3.05, 3.63) is 22.4 Å². The normalized spacial score (nSPS) is 16.4. The van der Waals surface area contributed by atoms with Gasteiger partial charge in [-0.2, -0.15) is 0 Å². The van der Waals surface area contributed by atoms with Crippen molar-refractivity contribution in [3.63, 3.8) is 0 Å². The average molecular weight is 356 g/mol. The van der Waals surface area contributed by atoms with Crippen molar-refractivity contribution in [2.75, 3.05) is 26.7 Å². The highest BCUT2D eigenvalue weighted by atomic mass is 79.9. The summed E-state index contributed by atoms with van der Waals surface area (Å²) >= 11 is 3.48. The quantitative estimate of drug-likeness (QED) is 0.850. The number of rotatable bonds is 6. The van der Waals surface area contributed by atoms with Crippen molar-refractivity contribution < 1.29 is 4.79 Å². The first-order valence-corrected chi connectivity index (χ1v) is 8.74. The number of aromatic nitrogens is 1. The molecule has 1 fully saturated rings. The van der Waals surface area contributed by atoms with E-state index in [0.29, 0.717) is 0 Å². The van der Waals surface area contributed by atoms with Crippen LogP contribution < -0.4 is 5.32 Å². The Morgan fingerprint density at radius 1 is 1.43 bits per heavy atom. The van der Waals surface area contributed by atoms with Gasteiger partial charge in [0.2, 0.25) is 0 Å². The number of hydrogen-bond acceptors (Lipinski definition) is 2. The molecular weight excluding hydrogens is 330 g/mol. The fourth-order valence-corrected chi connectivity index (χ4v) is 3.48. The van der Waals surface area contributed by atoms with Crippen molar-refractivity contribution in [2.24, 2.45) is 5.92 Å². The van der Waals surface area contributed by atoms with Crippen LogP contribution in [-0.4, -0.2) is 42.1 Å². The molecule has 0 saturated carbocycles. The smallest absolute Gasteiger partial charge is 0.270 e. The number of carbonyl (C=O) groups excluding carboxylic acids is 1. The highest BCUT2D eigenvalue weighted by molar-refractivity contribution is 9.10. The van der Waals surface area contributed by atoms with Crippen LogP contribution in [-0.2, 0) is 6.54 Å². The molecule has 1 saturated heterocycles. The van der Waals surface area contributed by atoms with E-state index in [0.717, 1.165) is 61.5 Å². The number of hydrogen-bond donors (Lipinski definition) is 1. The third-order valence-corrected chi connectivity index (χ3v) is 4.68. The Bertz CT molecular complexity index is 464. The number of carbonyl (C=O) groups is 1. The van der Waals surface area contributed by atoms with Gasteiger partial charge in [0.05, 0.1) is 0 Å². The molecule has 21 heavy (non-hydrogen) atoms. The zero-order chi connectivity index (χ0) is 15.2. The first kappa shape index (κ1) is 16.6. The summed E-state index contributed by atoms with van der Waals surface area (Å²) in [6.45, 7) is 5.88. The van der Waals surface area contributed by atoms with E-state index >= 15 is 0 Å². The molecule has 4 nitrogen and oxygen atoms in total. The minimum Gasteiger partial charge on any atom is -0.342 e. The van der Waals surface area contributed by atoms with E-state index in [2.05, 4.69) is 32.7 Å². The molecule has 2 rings (SSSR count). The van der Waals surface area contributed by atoms with Crippen LogP contribution in [0.3, 0.4) is 0 Å². The van der Waals surface area contributed by atoms with E-state index in [-0.39, 0.29) is 5.91 Å². The summed E-state index contributed by atoms with van der Waals surface area (Å²) in [5.41, 5.74) is 0.817. The second kappa shape index (κ2) is 7.99. The van der Waals surface area contributed by atoms with Gasteiger partial charge in [-0.3, -0.25) is 4.79 Å². The van der Waals surface area contributed by atoms with Crippen molar-refractivity contribution >= 4 is 21.8 Å². The summed E-state index contributed by atoms with van der Waals surface area (Å²) in [6.07, 6.45) is 6.52. The van der Waals surface area contributed by atoms with E-state index < -0.39 is 0 Å². The fraction of sp³-hybridized carbons (Fsp3) is 0.688. The minimum atomic E-state index is 0.182. The van der Waals surface area contributed by atoms with Crippen LogP contribution in [0.4, 0.5) is 0 Å². The lowest BCUT2D eigenvalue weighted by Gasteiger charge is -2.32. The van der Waals surface area contributed by atoms with Gasteiger partial charge in [-0.25, -0.2) is 0 Å². The Morgan fingerprint density at radius 2 is 2.14 bits per heavy atom. The van der Waals surface area contributed by atoms with Gasteiger partial charge >= 0.3 is 0 Å². The van der Waals surface area contributed by atoms with E-state index in [1.54, 1.807) is 0 Å². The summed E-state index contributed by atoms with van der Waals surface area (Å²) < 4.78 is 3.06. The Balaban J connectivity index is 1.95. The Hall–Kier alpha value is -0.810. The number of amides is 1. The third-order valence-electron chi connectivity index (χ3n) is 4.25. The molecule has 1 aromatic heterocycles. The van der Waals surface area contributed by atoms with Gasteiger partial charge in [-0.05, 0) is 67.2 Å². The van der Waals surface area contributed by atoms with Gasteiger partial charge in [-0.15, -0.1) is 0 Å². The number of nitrogens with one attached hydrogen (secondary N) is 1. The van der Waals surface area contributed by atoms with E-state index in [1.165, 1.54) is 6.42 Å². The molecule has 1 aliphatic heterocycles. The van der Waals surface area contributed by atoms with E-state index in [1.807, 2.05) is 24.2 Å². The van der Waals surface area contributed by atoms with Crippen molar-refractivity contribution in [1.29, 1.82) is 0 Å². The molecule has 0 aliphatic carbocycles. The fourth-order valence-electron chi connectivity index (χ4n) is 3.01. The summed E-state index contributed by atoms with van der Waals surface area (Å²) in [5.74, 6) is 0.942. The van der Waals surface area contributed by atoms with Gasteiger partial charge in [0.1, 0.15) is 5.69 Å². The second-order valence-electron chi connectivity index (χ2n) is 5.86. The predicted molar refractivity (Wildman–Crippen MR) is 89.6 cm³/mol. The molecule has 1 amide bonds. The van der Waals surface area contributed by atoms with Crippen LogP contribution in [0, 0.1) is 5.92 Å². The average Bonchev–Trinajstić information content (AvgIpc) is 2.86. The molecule has 0 bridgehead atoms. The number of nitrogens with zero attached hydrogens (tertiary/aromatic N) is 2. The number of halogens is 1. The van der Waals surface area contributed by atoms with Gasteiger partial charge in [0, 0.05) is 30.3 Å². The molecule has 0 aromatic carbocycles. The molecular formula is C16H26BrN3O. The molecule has 2 heterocycles. The van der Waals surface area contributed by atoms with Crippen molar-refractivity contribution in [3.8, 4) is 0 Å². The molecule has 0 spiro atoms. The molecule has 5 heteroatoms. The van der Waals surface area contributed by atoms with E-state index in [9.17, 15) is 4.79 Å². The zero-order valence-corrected chi connectivity index (χ0v) is 14.7. The molecule has 0 radical (unpaired) electrons. The van der Waals surface area contributed by atoms with E-state index in [4.69, 9.17) is 0 Å². The molecule has 1 aliphatic rings. The minimum absolute atomic E-state index is 0.182. The summed E-state index contributed by atoms with van der Waals surface area (Å²) in [5, 5.41) is 3.21. The monoisotopic (exact) mass is 355 g/mol. The van der Waals surface area contributed by atoms with Crippen LogP contribution in [0.5, 0.6) is 0 Å². The van der Waals surface area contributed by atoms with Crippen LogP contribution in [0.25, 0.3) is 0 Å². The van der Waals surface area contributed by atoms with Gasteiger partial charge in [0.25, 0.3) is 5.91 Å². The maximum Gasteiger partial charge on any atom is 0.270 e. The largest absolute Gasteiger partial charge is 0.342 e. The topological polar surface area (TPSA) is 37.3 Å². The standard InChI is InChI=1S/C16H26BrN3O/c1-3-8-20-12-14(17)11-15(20)16(21)19-9-5-13(6-10-19)4-7-18-2/h11-13,18H,3-10H2,1-2H3. The molecule has 1 N–H and O–H groups in total. The summed E-state index contributed by atoms with van der Waals surface area (Å²) in [4.78, 5) is 14.7. The van der Waals surface area contributed by atoms with Crippen LogP contribution in [0.15, 0.2) is 16.7 Å². The first-order valence-electron chi connectivity index (χ1n) is 7.95. The zero-order valence-electron chi connectivity index (χ0n) is 13.1. The number of aryl methyl sites for hydroxylation is 1. The molecule has 118 valence electrons. The maximum atomic E-state index is 12.7. The molecule has 0 atom stereocenters. The van der Waals surface area contributed by atoms with Crippen molar-refractivity contribution in [1.82, 2.24) is 14.8 Å². The predicted octanol–water partition coefficient (Wildman–Crippen LogP) is 3.12. The van der Waals surface area contributed by atoms with Gasteiger partial charge in [0.15, 0.2) is 0 Å². The van der Waals surface area contributed by atoms with Gasteiger partial charge < -0.3 is 14.8 Å². The summed E-state index contributed by atoms with van der Waals surface area (Å²) in [6, 6.07) is 1.95. The SMILES string of the molecule is CCCn1cc(Br)cc1C(=O)N1CCC(CCNC)CC1. The van der Waals surface area contributed by atoms with Crippen LogP contribution in [0.1, 0.15) is 43.1 Å². The second-order valence-corrected chi connectivity index (χ2v) is 6.78. The van der Waals surface area contributed by atoms with Gasteiger partial charge in [-0.1, -0.05) is 6.92 Å². The maximum absolute atomic E-state index is 12.7. The van der Waals surface area contributed by atoms with Crippen molar-refractivity contribution in [2.45, 2.75) is 39.2 Å². The number of likely N-dealkylation sites (tertiary alicyclic amines) is 1. The highest BCUT2D eigenvalue weighted by Crippen LogP contribution is 2.23. The van der Waals surface area contributed by atoms with Crippen LogP contribution in [0.2, 0.25) is 0 Å². The Morgan fingerprint density at radius 3 is 2.76 bits per heavy atom. The lowest BCUT2D eigenvalue weighted by molar-refractivity contribution is 0.0676. The first-order chi connectivity index (χ1) is 10.2.